The molecule has 0 saturated carbocycles. The van der Waals surface area contributed by atoms with Gasteiger partial charge in [-0.3, -0.25) is 9.59 Å². The van der Waals surface area contributed by atoms with Gasteiger partial charge < -0.3 is 10.6 Å². The van der Waals surface area contributed by atoms with Crippen molar-refractivity contribution >= 4 is 45.7 Å². The Morgan fingerprint density at radius 3 is 2.12 bits per heavy atom. The van der Waals surface area contributed by atoms with E-state index in [4.69, 9.17) is 11.6 Å². The van der Waals surface area contributed by atoms with E-state index in [0.717, 1.165) is 16.8 Å². The number of benzene rings is 2. The Morgan fingerprint density at radius 2 is 1.46 bits per heavy atom. The summed E-state index contributed by atoms with van der Waals surface area (Å²) in [5.74, 6) is 0. The van der Waals surface area contributed by atoms with Gasteiger partial charge in [-0.15, -0.1) is 0 Å². The van der Waals surface area contributed by atoms with Gasteiger partial charge in [-0.25, -0.2) is 0 Å². The lowest BCUT2D eigenvalue weighted by Gasteiger charge is -2.15. The number of anilines is 4. The minimum atomic E-state index is -0.531. The van der Waals surface area contributed by atoms with Gasteiger partial charge in [-0.05, 0) is 64.4 Å². The Hall–Kier alpha value is -2.89. The summed E-state index contributed by atoms with van der Waals surface area (Å²) in [5, 5.41) is 10.7. The summed E-state index contributed by atoms with van der Waals surface area (Å²) >= 11 is 7.49. The van der Waals surface area contributed by atoms with Crippen LogP contribution in [-0.4, -0.2) is 0 Å². The number of hydrogen-bond donors (Lipinski definition) is 2. The van der Waals surface area contributed by atoms with Gasteiger partial charge >= 0.3 is 0 Å². The van der Waals surface area contributed by atoms with Crippen LogP contribution >= 0.6 is 22.9 Å². The summed E-state index contributed by atoms with van der Waals surface area (Å²) in [4.78, 5) is 24.0. The number of halogens is 1. The Labute approximate surface area is 158 Å². The van der Waals surface area contributed by atoms with E-state index in [1.54, 1.807) is 35.6 Å². The van der Waals surface area contributed by atoms with Crippen LogP contribution in [0, 0.1) is 0 Å². The number of thiophene rings is 1. The van der Waals surface area contributed by atoms with Gasteiger partial charge in [0.2, 0.25) is 0 Å². The second-order valence-electron chi connectivity index (χ2n) is 5.76. The molecular formula is C20H13ClN2O2S. The molecule has 4 aromatic rings. The summed E-state index contributed by atoms with van der Waals surface area (Å²) in [6.07, 6.45) is 0. The average molecular weight is 381 g/mol. The minimum Gasteiger partial charge on any atom is -0.350 e. The first kappa shape index (κ1) is 16.6. The first-order valence-corrected chi connectivity index (χ1v) is 9.19. The van der Waals surface area contributed by atoms with E-state index < -0.39 is 10.9 Å². The van der Waals surface area contributed by atoms with Crippen molar-refractivity contribution in [3.63, 3.8) is 0 Å². The van der Waals surface area contributed by atoms with Crippen molar-refractivity contribution in [1.29, 1.82) is 0 Å². The largest absolute Gasteiger partial charge is 0.350 e. The molecule has 26 heavy (non-hydrogen) atoms. The number of nitrogens with one attached hydrogen (secondary N) is 2. The Bertz CT molecular complexity index is 1130. The third-order valence-electron chi connectivity index (χ3n) is 4.01. The van der Waals surface area contributed by atoms with E-state index in [1.165, 1.54) is 0 Å². The molecule has 4 nitrogen and oxygen atoms in total. The topological polar surface area (TPSA) is 58.2 Å². The van der Waals surface area contributed by atoms with Crippen LogP contribution in [0.15, 0.2) is 74.9 Å². The molecule has 128 valence electrons. The monoisotopic (exact) mass is 380 g/mol. The van der Waals surface area contributed by atoms with Crippen molar-refractivity contribution < 1.29 is 0 Å². The van der Waals surface area contributed by atoms with E-state index >= 15 is 0 Å². The molecule has 1 heterocycles. The molecule has 0 aliphatic heterocycles. The molecule has 0 saturated heterocycles. The second-order valence-corrected chi connectivity index (χ2v) is 6.97. The van der Waals surface area contributed by atoms with Crippen LogP contribution in [0.5, 0.6) is 0 Å². The number of hydrogen-bond acceptors (Lipinski definition) is 5. The molecule has 0 unspecified atom stereocenters. The standard InChI is InChI=1S/C20H13ClN2O2S/c21-14-4-6-15(7-5-14)22-17-18(20(25)19(17)24)23-16-3-1-2-12(10-16)13-8-9-26-11-13/h1-11,22-23H. The molecule has 0 fully saturated rings. The fraction of sp³-hybridized carbons (Fsp3) is 0. The molecule has 1 aromatic heterocycles. The van der Waals surface area contributed by atoms with Gasteiger partial charge in [0.05, 0.1) is 0 Å². The van der Waals surface area contributed by atoms with Gasteiger partial charge in [0, 0.05) is 16.4 Å². The Kier molecular flexibility index (Phi) is 4.32. The maximum atomic E-state index is 12.0. The predicted octanol–water partition coefficient (Wildman–Crippen LogP) is 5.15. The molecule has 0 radical (unpaired) electrons. The van der Waals surface area contributed by atoms with E-state index in [-0.39, 0.29) is 11.4 Å². The molecule has 2 N–H and O–H groups in total. The van der Waals surface area contributed by atoms with Crippen molar-refractivity contribution in [3.05, 3.63) is 90.8 Å². The summed E-state index contributed by atoms with van der Waals surface area (Å²) in [6.45, 7) is 0. The van der Waals surface area contributed by atoms with Crippen LogP contribution in [0.4, 0.5) is 22.7 Å². The Balaban J connectivity index is 1.61. The lowest BCUT2D eigenvalue weighted by atomic mass is 10.1. The van der Waals surface area contributed by atoms with Gasteiger partial charge in [0.25, 0.3) is 10.9 Å². The van der Waals surface area contributed by atoms with Gasteiger partial charge in [0.1, 0.15) is 11.4 Å². The van der Waals surface area contributed by atoms with E-state index in [1.807, 2.05) is 35.7 Å². The number of rotatable bonds is 5. The zero-order valence-corrected chi connectivity index (χ0v) is 15.0. The van der Waals surface area contributed by atoms with E-state index in [2.05, 4.69) is 16.0 Å². The van der Waals surface area contributed by atoms with Gasteiger partial charge in [-0.2, -0.15) is 11.3 Å². The summed E-state index contributed by atoms with van der Waals surface area (Å²) in [5.41, 5.74) is 3.08. The fourth-order valence-corrected chi connectivity index (χ4v) is 3.45. The van der Waals surface area contributed by atoms with Gasteiger partial charge in [0.15, 0.2) is 0 Å². The SMILES string of the molecule is O=c1c(Nc2ccc(Cl)cc2)c(Nc2cccc(-c3ccsc3)c2)c1=O. The smallest absolute Gasteiger partial charge is 0.253 e. The molecule has 0 spiro atoms. The summed E-state index contributed by atoms with van der Waals surface area (Å²) in [7, 11) is 0. The molecule has 4 rings (SSSR count). The maximum absolute atomic E-state index is 12.0. The highest BCUT2D eigenvalue weighted by molar-refractivity contribution is 7.08. The molecule has 0 bridgehead atoms. The highest BCUT2D eigenvalue weighted by Gasteiger charge is 2.21. The minimum absolute atomic E-state index is 0.262. The van der Waals surface area contributed by atoms with Crippen LogP contribution in [0.2, 0.25) is 5.02 Å². The van der Waals surface area contributed by atoms with E-state index in [0.29, 0.717) is 10.7 Å². The normalized spacial score (nSPS) is 10.8. The molecule has 0 amide bonds. The lowest BCUT2D eigenvalue weighted by Crippen LogP contribution is -2.35. The zero-order valence-electron chi connectivity index (χ0n) is 13.5. The van der Waals surface area contributed by atoms with Crippen molar-refractivity contribution in [2.45, 2.75) is 0 Å². The summed E-state index contributed by atoms with van der Waals surface area (Å²) < 4.78 is 0. The Morgan fingerprint density at radius 1 is 0.769 bits per heavy atom. The van der Waals surface area contributed by atoms with Crippen molar-refractivity contribution in [1.82, 2.24) is 0 Å². The van der Waals surface area contributed by atoms with Crippen LogP contribution in [-0.2, 0) is 0 Å². The zero-order chi connectivity index (χ0) is 18.1. The molecular weight excluding hydrogens is 368 g/mol. The molecule has 0 aliphatic rings. The average Bonchev–Trinajstić information content (AvgIpc) is 3.21. The highest BCUT2D eigenvalue weighted by atomic mass is 35.5. The van der Waals surface area contributed by atoms with E-state index in [9.17, 15) is 9.59 Å². The fourth-order valence-electron chi connectivity index (χ4n) is 2.66. The van der Waals surface area contributed by atoms with Crippen LogP contribution < -0.4 is 21.5 Å². The second kappa shape index (κ2) is 6.78. The van der Waals surface area contributed by atoms with Crippen LogP contribution in [0.25, 0.3) is 11.1 Å². The third-order valence-corrected chi connectivity index (χ3v) is 4.95. The van der Waals surface area contributed by atoms with Gasteiger partial charge in [-0.1, -0.05) is 23.7 Å². The van der Waals surface area contributed by atoms with Crippen molar-refractivity contribution in [2.24, 2.45) is 0 Å². The summed E-state index contributed by atoms with van der Waals surface area (Å²) in [6, 6.07) is 16.7. The van der Waals surface area contributed by atoms with Crippen molar-refractivity contribution in [3.8, 4) is 11.1 Å². The molecule has 3 aromatic carbocycles. The quantitative estimate of drug-likeness (QED) is 0.470. The first-order valence-electron chi connectivity index (χ1n) is 7.87. The predicted molar refractivity (Wildman–Crippen MR) is 109 cm³/mol. The van der Waals surface area contributed by atoms with Crippen LogP contribution in [0.1, 0.15) is 0 Å². The highest BCUT2D eigenvalue weighted by Crippen LogP contribution is 2.28. The first-order chi connectivity index (χ1) is 12.6. The maximum Gasteiger partial charge on any atom is 0.253 e. The molecule has 6 heteroatoms. The lowest BCUT2D eigenvalue weighted by molar-refractivity contribution is 1.36. The molecule has 0 aliphatic carbocycles. The third kappa shape index (κ3) is 3.14. The van der Waals surface area contributed by atoms with Crippen LogP contribution in [0.3, 0.4) is 0 Å². The van der Waals surface area contributed by atoms with Crippen molar-refractivity contribution in [2.75, 3.05) is 10.6 Å². The molecule has 0 atom stereocenters.